The number of rotatable bonds is 7. The van der Waals surface area contributed by atoms with Crippen LogP contribution in [0.25, 0.3) is 0 Å². The van der Waals surface area contributed by atoms with Gasteiger partial charge in [0.25, 0.3) is 0 Å². The van der Waals surface area contributed by atoms with Gasteiger partial charge in [-0.1, -0.05) is 26.3 Å². The second-order valence-electron chi connectivity index (χ2n) is 5.71. The van der Waals surface area contributed by atoms with Crippen LogP contribution in [-0.2, 0) is 6.42 Å². The Morgan fingerprint density at radius 1 is 1.35 bits per heavy atom. The molecule has 0 fully saturated rings. The summed E-state index contributed by atoms with van der Waals surface area (Å²) in [5.41, 5.74) is 2.88. The monoisotopic (exact) mass is 276 g/mol. The van der Waals surface area contributed by atoms with Gasteiger partial charge >= 0.3 is 0 Å². The fraction of sp³-hybridized carbons (Fsp3) is 0.647. The third-order valence-corrected chi connectivity index (χ3v) is 4.36. The van der Waals surface area contributed by atoms with Crippen molar-refractivity contribution >= 4 is 0 Å². The third kappa shape index (κ3) is 3.15. The van der Waals surface area contributed by atoms with E-state index in [4.69, 9.17) is 4.74 Å². The van der Waals surface area contributed by atoms with Crippen LogP contribution in [0.15, 0.2) is 18.2 Å². The van der Waals surface area contributed by atoms with E-state index in [1.54, 1.807) is 7.11 Å². The first-order valence-electron chi connectivity index (χ1n) is 7.81. The molecule has 1 N–H and O–H groups in total. The first kappa shape index (κ1) is 15.3. The van der Waals surface area contributed by atoms with Crippen molar-refractivity contribution in [2.45, 2.75) is 45.2 Å². The predicted octanol–water partition coefficient (Wildman–Crippen LogP) is 3.00. The Morgan fingerprint density at radius 3 is 2.80 bits per heavy atom. The molecule has 0 saturated heterocycles. The summed E-state index contributed by atoms with van der Waals surface area (Å²) in [5, 5.41) is 3.66. The summed E-state index contributed by atoms with van der Waals surface area (Å²) in [5.74, 6) is 0.962. The molecule has 0 aromatic heterocycles. The minimum atomic E-state index is 0.423. The molecule has 0 radical (unpaired) electrons. The van der Waals surface area contributed by atoms with Crippen LogP contribution in [0.2, 0.25) is 0 Å². The number of unbranched alkanes of at least 4 members (excludes halogenated alkanes) is 1. The summed E-state index contributed by atoms with van der Waals surface area (Å²) in [6.07, 6.45) is 3.66. The molecule has 2 unspecified atom stereocenters. The molecule has 0 bridgehead atoms. The molecule has 2 atom stereocenters. The lowest BCUT2D eigenvalue weighted by molar-refractivity contribution is 0.202. The second kappa shape index (κ2) is 7.09. The normalized spacial score (nSPS) is 21.2. The van der Waals surface area contributed by atoms with E-state index in [0.29, 0.717) is 12.1 Å². The van der Waals surface area contributed by atoms with Crippen molar-refractivity contribution in [3.8, 4) is 5.75 Å². The van der Waals surface area contributed by atoms with Gasteiger partial charge in [0.15, 0.2) is 0 Å². The molecule has 112 valence electrons. The standard InChI is InChI=1S/C17H28N2O/c1-5-7-10-19(3)16-11-13-8-9-14(20-4)12-15(13)17(16)18-6-2/h8-9,12,16-18H,5-7,10-11H2,1-4H3. The highest BCUT2D eigenvalue weighted by Gasteiger charge is 2.34. The molecule has 0 saturated carbocycles. The van der Waals surface area contributed by atoms with Gasteiger partial charge in [0.05, 0.1) is 7.11 Å². The lowest BCUT2D eigenvalue weighted by Gasteiger charge is -2.30. The van der Waals surface area contributed by atoms with Crippen molar-refractivity contribution in [1.82, 2.24) is 10.2 Å². The van der Waals surface area contributed by atoms with Crippen molar-refractivity contribution < 1.29 is 4.74 Å². The van der Waals surface area contributed by atoms with Crippen molar-refractivity contribution in [3.63, 3.8) is 0 Å². The average molecular weight is 276 g/mol. The molecule has 0 aliphatic heterocycles. The first-order chi connectivity index (χ1) is 9.71. The maximum absolute atomic E-state index is 5.39. The maximum Gasteiger partial charge on any atom is 0.119 e. The Kier molecular flexibility index (Phi) is 5.44. The molecular formula is C17H28N2O. The fourth-order valence-electron chi connectivity index (χ4n) is 3.18. The van der Waals surface area contributed by atoms with Crippen molar-refractivity contribution in [3.05, 3.63) is 29.3 Å². The summed E-state index contributed by atoms with van der Waals surface area (Å²) in [7, 11) is 4.00. The number of hydrogen-bond donors (Lipinski definition) is 1. The summed E-state index contributed by atoms with van der Waals surface area (Å²) < 4.78 is 5.39. The van der Waals surface area contributed by atoms with Gasteiger partial charge in [0, 0.05) is 12.1 Å². The molecule has 3 heteroatoms. The molecule has 20 heavy (non-hydrogen) atoms. The Hall–Kier alpha value is -1.06. The third-order valence-electron chi connectivity index (χ3n) is 4.36. The maximum atomic E-state index is 5.39. The molecular weight excluding hydrogens is 248 g/mol. The number of ether oxygens (including phenoxy) is 1. The van der Waals surface area contributed by atoms with E-state index in [-0.39, 0.29) is 0 Å². The van der Waals surface area contributed by atoms with E-state index in [1.807, 2.05) is 0 Å². The van der Waals surface area contributed by atoms with E-state index in [9.17, 15) is 0 Å². The number of methoxy groups -OCH3 is 1. The van der Waals surface area contributed by atoms with Gasteiger partial charge in [-0.25, -0.2) is 0 Å². The van der Waals surface area contributed by atoms with Crippen LogP contribution in [0.5, 0.6) is 5.75 Å². The fourth-order valence-corrected chi connectivity index (χ4v) is 3.18. The Bertz CT molecular complexity index is 433. The van der Waals surface area contributed by atoms with Crippen LogP contribution >= 0.6 is 0 Å². The lowest BCUT2D eigenvalue weighted by atomic mass is 10.1. The zero-order valence-electron chi connectivity index (χ0n) is 13.3. The highest BCUT2D eigenvalue weighted by atomic mass is 16.5. The smallest absolute Gasteiger partial charge is 0.119 e. The molecule has 0 amide bonds. The molecule has 1 aliphatic rings. The number of nitrogens with zero attached hydrogens (tertiary/aromatic N) is 1. The summed E-state index contributed by atoms with van der Waals surface area (Å²) in [4.78, 5) is 2.52. The Labute approximate surface area is 123 Å². The molecule has 0 spiro atoms. The predicted molar refractivity (Wildman–Crippen MR) is 84.4 cm³/mol. The topological polar surface area (TPSA) is 24.5 Å². The van der Waals surface area contributed by atoms with E-state index >= 15 is 0 Å². The highest BCUT2D eigenvalue weighted by Crippen LogP contribution is 2.36. The van der Waals surface area contributed by atoms with E-state index in [0.717, 1.165) is 18.7 Å². The van der Waals surface area contributed by atoms with Gasteiger partial charge in [-0.15, -0.1) is 0 Å². The van der Waals surface area contributed by atoms with Crippen LogP contribution in [0.1, 0.15) is 43.9 Å². The molecule has 2 rings (SSSR count). The zero-order chi connectivity index (χ0) is 14.5. The van der Waals surface area contributed by atoms with Gasteiger partial charge in [-0.2, -0.15) is 0 Å². The summed E-state index contributed by atoms with van der Waals surface area (Å²) >= 11 is 0. The largest absolute Gasteiger partial charge is 0.497 e. The van der Waals surface area contributed by atoms with Crippen molar-refractivity contribution in [2.75, 3.05) is 27.2 Å². The van der Waals surface area contributed by atoms with Gasteiger partial charge in [-0.05, 0) is 56.2 Å². The van der Waals surface area contributed by atoms with Crippen molar-refractivity contribution in [2.24, 2.45) is 0 Å². The number of nitrogens with one attached hydrogen (secondary N) is 1. The molecule has 0 heterocycles. The van der Waals surface area contributed by atoms with Crippen molar-refractivity contribution in [1.29, 1.82) is 0 Å². The minimum Gasteiger partial charge on any atom is -0.497 e. The lowest BCUT2D eigenvalue weighted by Crippen LogP contribution is -2.41. The van der Waals surface area contributed by atoms with Crippen LogP contribution in [0.4, 0.5) is 0 Å². The van der Waals surface area contributed by atoms with E-state index in [1.165, 1.54) is 30.5 Å². The first-order valence-corrected chi connectivity index (χ1v) is 7.81. The highest BCUT2D eigenvalue weighted by molar-refractivity contribution is 5.42. The summed E-state index contributed by atoms with van der Waals surface area (Å²) in [6.45, 7) is 6.61. The molecule has 1 aromatic carbocycles. The Morgan fingerprint density at radius 2 is 2.15 bits per heavy atom. The van der Waals surface area contributed by atoms with Crippen LogP contribution < -0.4 is 10.1 Å². The SMILES string of the molecule is CCCCN(C)C1Cc2ccc(OC)cc2C1NCC. The molecule has 3 nitrogen and oxygen atoms in total. The second-order valence-corrected chi connectivity index (χ2v) is 5.71. The number of benzene rings is 1. The van der Waals surface area contributed by atoms with Gasteiger partial charge in [-0.3, -0.25) is 0 Å². The van der Waals surface area contributed by atoms with E-state index < -0.39 is 0 Å². The van der Waals surface area contributed by atoms with Gasteiger partial charge < -0.3 is 15.0 Å². The quantitative estimate of drug-likeness (QED) is 0.828. The van der Waals surface area contributed by atoms with Gasteiger partial charge in [0.2, 0.25) is 0 Å². The average Bonchev–Trinajstić information content (AvgIpc) is 2.83. The van der Waals surface area contributed by atoms with E-state index in [2.05, 4.69) is 49.3 Å². The molecule has 1 aromatic rings. The number of hydrogen-bond acceptors (Lipinski definition) is 3. The minimum absolute atomic E-state index is 0.423. The molecule has 1 aliphatic carbocycles. The summed E-state index contributed by atoms with van der Waals surface area (Å²) in [6, 6.07) is 7.49. The van der Waals surface area contributed by atoms with Crippen LogP contribution in [-0.4, -0.2) is 38.2 Å². The van der Waals surface area contributed by atoms with Crippen LogP contribution in [0.3, 0.4) is 0 Å². The number of likely N-dealkylation sites (N-methyl/N-ethyl adjacent to an activating group) is 2. The zero-order valence-corrected chi connectivity index (χ0v) is 13.3. The number of fused-ring (bicyclic) bond motifs is 1. The van der Waals surface area contributed by atoms with Crippen LogP contribution in [0, 0.1) is 0 Å². The van der Waals surface area contributed by atoms with Gasteiger partial charge in [0.1, 0.15) is 5.75 Å². The Balaban J connectivity index is 2.20.